The van der Waals surface area contributed by atoms with E-state index in [-0.39, 0.29) is 30.1 Å². The normalized spacial score (nSPS) is 12.4. The number of hydrogen-bond donors (Lipinski definition) is 3. The number of aldehydes is 1. The second kappa shape index (κ2) is 10.3. The van der Waals surface area contributed by atoms with E-state index in [4.69, 9.17) is 17.9 Å². The van der Waals surface area contributed by atoms with Crippen LogP contribution in [0.2, 0.25) is 0 Å². The first-order valence-corrected chi connectivity index (χ1v) is 8.69. The number of fused-ring (bicyclic) bond motifs is 1. The van der Waals surface area contributed by atoms with Crippen molar-refractivity contribution in [2.24, 2.45) is 5.92 Å². The molecule has 0 saturated carbocycles. The summed E-state index contributed by atoms with van der Waals surface area (Å²) >= 11 is 0. The number of anilines is 2. The number of nitrogens with zero attached hydrogens (tertiary/aromatic N) is 4. The van der Waals surface area contributed by atoms with Crippen LogP contribution in [0.25, 0.3) is 11.2 Å². The van der Waals surface area contributed by atoms with Gasteiger partial charge in [-0.3, -0.25) is 4.79 Å². The summed E-state index contributed by atoms with van der Waals surface area (Å²) in [5.41, 5.74) is 13.1. The predicted molar refractivity (Wildman–Crippen MR) is 111 cm³/mol. The number of allylic oxidation sites excluding steroid dienone is 3. The van der Waals surface area contributed by atoms with Gasteiger partial charge in [-0.15, -0.1) is 12.3 Å². The first-order valence-electron chi connectivity index (χ1n) is 8.69. The van der Waals surface area contributed by atoms with Crippen molar-refractivity contribution in [2.75, 3.05) is 18.0 Å². The van der Waals surface area contributed by atoms with E-state index in [1.165, 1.54) is 6.08 Å². The van der Waals surface area contributed by atoms with Gasteiger partial charge in [-0.1, -0.05) is 24.8 Å². The maximum absolute atomic E-state index is 11.9. The average molecular weight is 391 g/mol. The van der Waals surface area contributed by atoms with Gasteiger partial charge >= 0.3 is 0 Å². The third-order valence-corrected chi connectivity index (χ3v) is 3.84. The van der Waals surface area contributed by atoms with Crippen LogP contribution in [0.4, 0.5) is 11.8 Å². The van der Waals surface area contributed by atoms with Crippen LogP contribution in [0.3, 0.4) is 0 Å². The summed E-state index contributed by atoms with van der Waals surface area (Å²) in [4.78, 5) is 38.8. The lowest BCUT2D eigenvalue weighted by atomic mass is 9.99. The lowest BCUT2D eigenvalue weighted by Crippen LogP contribution is -2.25. The molecule has 148 valence electrons. The Morgan fingerprint density at radius 2 is 2.14 bits per heavy atom. The molecule has 0 aliphatic rings. The zero-order valence-corrected chi connectivity index (χ0v) is 15.7. The number of nitrogens with one attached hydrogen (secondary N) is 1. The number of aromatic nitrogens is 4. The van der Waals surface area contributed by atoms with Crippen LogP contribution in [-0.4, -0.2) is 38.7 Å². The third-order valence-electron chi connectivity index (χ3n) is 3.84. The molecule has 0 aliphatic carbocycles. The highest BCUT2D eigenvalue weighted by Crippen LogP contribution is 2.18. The molecule has 5 N–H and O–H groups in total. The summed E-state index contributed by atoms with van der Waals surface area (Å²) in [7, 11) is 0. The number of amides is 1. The highest BCUT2D eigenvalue weighted by Gasteiger charge is 2.11. The molecule has 0 radical (unpaired) electrons. The molecule has 0 saturated heterocycles. The number of terminal acetylenes is 1. The number of carbonyl (C=O) groups excluding carboxylic acids is 2. The summed E-state index contributed by atoms with van der Waals surface area (Å²) < 4.78 is 0. The average Bonchev–Trinajstić information content (AvgIpc) is 2.70. The molecular weight excluding hydrogens is 370 g/mol. The summed E-state index contributed by atoms with van der Waals surface area (Å²) in [5.74, 6) is 2.37. The fourth-order valence-corrected chi connectivity index (χ4v) is 2.50. The van der Waals surface area contributed by atoms with Gasteiger partial charge in [0.15, 0.2) is 17.0 Å². The van der Waals surface area contributed by atoms with Crippen molar-refractivity contribution >= 4 is 35.1 Å². The molecule has 0 aromatic carbocycles. The Morgan fingerprint density at radius 3 is 2.83 bits per heavy atom. The molecule has 9 nitrogen and oxygen atoms in total. The van der Waals surface area contributed by atoms with Crippen LogP contribution in [0.1, 0.15) is 12.1 Å². The molecule has 1 unspecified atom stereocenters. The molecule has 9 heteroatoms. The Morgan fingerprint density at radius 1 is 1.34 bits per heavy atom. The number of carbonyl (C=O) groups is 2. The molecule has 0 bridgehead atoms. The summed E-state index contributed by atoms with van der Waals surface area (Å²) in [6.07, 6.45) is 15.2. The minimum Gasteiger partial charge on any atom is -0.382 e. The Kier molecular flexibility index (Phi) is 7.56. The Balaban J connectivity index is 2.18. The molecule has 2 heterocycles. The van der Waals surface area contributed by atoms with E-state index in [1.54, 1.807) is 18.3 Å². The minimum absolute atomic E-state index is 0.0344. The van der Waals surface area contributed by atoms with Crippen LogP contribution in [-0.2, 0) is 16.0 Å². The van der Waals surface area contributed by atoms with Crippen LogP contribution in [0.15, 0.2) is 42.7 Å². The van der Waals surface area contributed by atoms with E-state index in [1.807, 2.05) is 6.08 Å². The standard InChI is InChI=1S/C20H21N7O2/c1-3-6-13(7-5-8-14(4-2)19(29)23-9-10-28)11-15-12-24-18-16(25-15)17(21)26-20(22)27-18/h1,4-5,7-8,10,12-13H,2,6,9,11H2,(H,23,29)(H4,21,22,24,26,27)/b7-5+,14-8+. The second-order valence-corrected chi connectivity index (χ2v) is 5.96. The maximum atomic E-state index is 11.9. The molecule has 1 amide bonds. The fourth-order valence-electron chi connectivity index (χ4n) is 2.50. The van der Waals surface area contributed by atoms with Gasteiger partial charge in [-0.25, -0.2) is 9.97 Å². The topological polar surface area (TPSA) is 150 Å². The number of rotatable bonds is 9. The van der Waals surface area contributed by atoms with Crippen LogP contribution in [0, 0.1) is 18.3 Å². The minimum atomic E-state index is -0.389. The van der Waals surface area contributed by atoms with Crippen molar-refractivity contribution < 1.29 is 9.59 Å². The van der Waals surface area contributed by atoms with Crippen LogP contribution >= 0.6 is 0 Å². The second-order valence-electron chi connectivity index (χ2n) is 5.96. The predicted octanol–water partition coefficient (Wildman–Crippen LogP) is 0.750. The van der Waals surface area contributed by atoms with Gasteiger partial charge in [0.2, 0.25) is 5.95 Å². The van der Waals surface area contributed by atoms with Gasteiger partial charge in [0.1, 0.15) is 6.29 Å². The molecular formula is C20H21N7O2. The van der Waals surface area contributed by atoms with Crippen molar-refractivity contribution in [3.05, 3.63) is 48.3 Å². The van der Waals surface area contributed by atoms with Crippen molar-refractivity contribution in [3.63, 3.8) is 0 Å². The van der Waals surface area contributed by atoms with Crippen molar-refractivity contribution in [1.29, 1.82) is 0 Å². The molecule has 29 heavy (non-hydrogen) atoms. The summed E-state index contributed by atoms with van der Waals surface area (Å²) in [6, 6.07) is 0. The van der Waals surface area contributed by atoms with Crippen molar-refractivity contribution in [3.8, 4) is 12.3 Å². The fraction of sp³-hybridized carbons (Fsp3) is 0.200. The van der Waals surface area contributed by atoms with Gasteiger partial charge in [0, 0.05) is 12.0 Å². The van der Waals surface area contributed by atoms with E-state index in [2.05, 4.69) is 37.8 Å². The molecule has 0 spiro atoms. The van der Waals surface area contributed by atoms with E-state index in [0.717, 1.165) is 0 Å². The van der Waals surface area contributed by atoms with Gasteiger partial charge in [-0.2, -0.15) is 9.97 Å². The lowest BCUT2D eigenvalue weighted by molar-refractivity contribution is -0.119. The van der Waals surface area contributed by atoms with Gasteiger partial charge in [0.05, 0.1) is 18.4 Å². The molecule has 0 aliphatic heterocycles. The highest BCUT2D eigenvalue weighted by molar-refractivity contribution is 5.97. The first-order chi connectivity index (χ1) is 14.0. The van der Waals surface area contributed by atoms with Crippen molar-refractivity contribution in [2.45, 2.75) is 12.8 Å². The van der Waals surface area contributed by atoms with Gasteiger partial charge < -0.3 is 21.6 Å². The van der Waals surface area contributed by atoms with Crippen LogP contribution in [0.5, 0.6) is 0 Å². The summed E-state index contributed by atoms with van der Waals surface area (Å²) in [6.45, 7) is 3.54. The largest absolute Gasteiger partial charge is 0.382 e. The Bertz CT molecular complexity index is 1020. The Hall–Kier alpha value is -4.06. The smallest absolute Gasteiger partial charge is 0.251 e. The van der Waals surface area contributed by atoms with Gasteiger partial charge in [0.25, 0.3) is 5.91 Å². The van der Waals surface area contributed by atoms with E-state index in [0.29, 0.717) is 41.6 Å². The Labute approximate surface area is 168 Å². The van der Waals surface area contributed by atoms with E-state index >= 15 is 0 Å². The number of hydrogen-bond acceptors (Lipinski definition) is 8. The quantitative estimate of drug-likeness (QED) is 0.245. The van der Waals surface area contributed by atoms with Gasteiger partial charge in [-0.05, 0) is 18.4 Å². The number of nitrogen functional groups attached to an aromatic ring is 2. The highest BCUT2D eigenvalue weighted by atomic mass is 16.2. The van der Waals surface area contributed by atoms with Crippen molar-refractivity contribution in [1.82, 2.24) is 25.3 Å². The molecule has 0 fully saturated rings. The lowest BCUT2D eigenvalue weighted by Gasteiger charge is -2.09. The maximum Gasteiger partial charge on any atom is 0.251 e. The van der Waals surface area contributed by atoms with E-state index < -0.39 is 0 Å². The summed E-state index contributed by atoms with van der Waals surface area (Å²) in [5, 5.41) is 2.45. The van der Waals surface area contributed by atoms with E-state index in [9.17, 15) is 9.59 Å². The first kappa shape index (κ1) is 21.2. The molecule has 2 aromatic heterocycles. The third kappa shape index (κ3) is 5.97. The molecule has 2 rings (SSSR count). The molecule has 2 aromatic rings. The monoisotopic (exact) mass is 391 g/mol. The number of nitrogens with two attached hydrogens (primary N) is 2. The zero-order valence-electron chi connectivity index (χ0n) is 15.7. The molecule has 1 atom stereocenters. The SMILES string of the molecule is C#CCC(/C=C/C=C(\C=C)C(=O)NCC=O)Cc1cnc2nc(N)nc(N)c2n1. The van der Waals surface area contributed by atoms with Crippen LogP contribution < -0.4 is 16.8 Å². The zero-order chi connectivity index (χ0) is 21.2.